The number of hydrogen-bond donors (Lipinski definition) is 0. The summed E-state index contributed by atoms with van der Waals surface area (Å²) in [6, 6.07) is 7.00. The zero-order valence-corrected chi connectivity index (χ0v) is 13.9. The van der Waals surface area contributed by atoms with Crippen LogP contribution in [-0.2, 0) is 14.4 Å². The van der Waals surface area contributed by atoms with E-state index in [2.05, 4.69) is 15.9 Å². The third kappa shape index (κ3) is 2.67. The van der Waals surface area contributed by atoms with Crippen molar-refractivity contribution in [1.29, 1.82) is 0 Å². The Morgan fingerprint density at radius 2 is 1.86 bits per heavy atom. The Morgan fingerprint density at radius 1 is 1.29 bits per heavy atom. The number of hydrogen-bond acceptors (Lipinski definition) is 3. The molecule has 1 aromatic carbocycles. The van der Waals surface area contributed by atoms with E-state index >= 15 is 0 Å². The van der Waals surface area contributed by atoms with Gasteiger partial charge in [-0.1, -0.05) is 36.7 Å². The van der Waals surface area contributed by atoms with Gasteiger partial charge in [-0.05, 0) is 30.2 Å². The van der Waals surface area contributed by atoms with E-state index in [1.165, 1.54) is 4.90 Å². The van der Waals surface area contributed by atoms with Crippen molar-refractivity contribution in [3.63, 3.8) is 0 Å². The number of rotatable bonds is 4. The van der Waals surface area contributed by atoms with Gasteiger partial charge in [-0.15, -0.1) is 0 Å². The highest BCUT2D eigenvalue weighted by Gasteiger charge is 2.50. The van der Waals surface area contributed by atoms with E-state index in [1.54, 1.807) is 31.2 Å². The molecule has 5 heteroatoms. The molecule has 2 amide bonds. The molecule has 0 N–H and O–H groups in total. The highest BCUT2D eigenvalue weighted by atomic mass is 79.9. The van der Waals surface area contributed by atoms with Crippen LogP contribution in [0.25, 0.3) is 0 Å². The zero-order valence-electron chi connectivity index (χ0n) is 12.3. The molecule has 0 radical (unpaired) electrons. The van der Waals surface area contributed by atoms with Gasteiger partial charge in [-0.25, -0.2) is 0 Å². The first kappa shape index (κ1) is 15.9. The molecule has 1 aliphatic rings. The number of benzene rings is 1. The van der Waals surface area contributed by atoms with Crippen molar-refractivity contribution in [1.82, 2.24) is 0 Å². The smallest absolute Gasteiger partial charge is 0.238 e. The Bertz CT molecular complexity index is 582. The molecule has 112 valence electrons. The molecule has 1 heterocycles. The predicted octanol–water partition coefficient (Wildman–Crippen LogP) is 3.19. The summed E-state index contributed by atoms with van der Waals surface area (Å²) in [5.74, 6) is -1.14. The molecular formula is C16H18BrNO3. The van der Waals surface area contributed by atoms with Crippen molar-refractivity contribution >= 4 is 39.7 Å². The number of imide groups is 1. The van der Waals surface area contributed by atoms with Crippen LogP contribution in [-0.4, -0.2) is 18.1 Å². The highest BCUT2D eigenvalue weighted by molar-refractivity contribution is 9.10. The Hall–Kier alpha value is -1.49. The molecular weight excluding hydrogens is 334 g/mol. The summed E-state index contributed by atoms with van der Waals surface area (Å²) in [6.45, 7) is 5.55. The second-order valence-corrected chi connectivity index (χ2v) is 6.85. The summed E-state index contributed by atoms with van der Waals surface area (Å²) in [4.78, 5) is 37.6. The van der Waals surface area contributed by atoms with Crippen LogP contribution in [0.3, 0.4) is 0 Å². The maximum absolute atomic E-state index is 12.6. The van der Waals surface area contributed by atoms with E-state index in [0.29, 0.717) is 5.69 Å². The Morgan fingerprint density at radius 3 is 2.33 bits per heavy atom. The zero-order chi connectivity index (χ0) is 15.8. The topological polar surface area (TPSA) is 54.5 Å². The van der Waals surface area contributed by atoms with E-state index in [9.17, 15) is 14.4 Å². The molecule has 0 aliphatic carbocycles. The lowest BCUT2D eigenvalue weighted by atomic mass is 9.69. The maximum Gasteiger partial charge on any atom is 0.238 e. The molecule has 1 aliphatic heterocycles. The fraction of sp³-hybridized carbons (Fsp3) is 0.438. The van der Waals surface area contributed by atoms with Gasteiger partial charge in [0, 0.05) is 16.3 Å². The molecule has 0 saturated carbocycles. The predicted molar refractivity (Wildman–Crippen MR) is 83.8 cm³/mol. The van der Waals surface area contributed by atoms with Crippen molar-refractivity contribution in [3.05, 3.63) is 28.7 Å². The number of anilines is 1. The van der Waals surface area contributed by atoms with Crippen LogP contribution in [0.15, 0.2) is 28.7 Å². The number of nitrogens with zero attached hydrogens (tertiary/aromatic N) is 1. The largest absolute Gasteiger partial charge is 0.303 e. The highest BCUT2D eigenvalue weighted by Crippen LogP contribution is 2.41. The van der Waals surface area contributed by atoms with Crippen molar-refractivity contribution in [2.75, 3.05) is 4.90 Å². The number of aldehydes is 1. The van der Waals surface area contributed by atoms with Gasteiger partial charge in [0.15, 0.2) is 0 Å². The summed E-state index contributed by atoms with van der Waals surface area (Å²) < 4.78 is 0.877. The van der Waals surface area contributed by atoms with Crippen LogP contribution in [0, 0.1) is 17.3 Å². The molecule has 2 atom stereocenters. The van der Waals surface area contributed by atoms with Crippen molar-refractivity contribution < 1.29 is 14.4 Å². The fourth-order valence-electron chi connectivity index (χ4n) is 2.60. The first-order valence-electron chi connectivity index (χ1n) is 6.90. The van der Waals surface area contributed by atoms with Gasteiger partial charge in [-0.3, -0.25) is 14.5 Å². The molecule has 0 spiro atoms. The molecule has 0 unspecified atom stereocenters. The molecule has 0 aromatic heterocycles. The molecule has 0 bridgehead atoms. The van der Waals surface area contributed by atoms with E-state index < -0.39 is 11.3 Å². The molecule has 1 saturated heterocycles. The Balaban J connectivity index is 2.37. The van der Waals surface area contributed by atoms with Gasteiger partial charge in [-0.2, -0.15) is 0 Å². The normalized spacial score (nSPS) is 21.8. The van der Waals surface area contributed by atoms with Crippen LogP contribution < -0.4 is 4.90 Å². The molecule has 2 rings (SSSR count). The number of carbonyl (C=O) groups excluding carboxylic acids is 3. The van der Waals surface area contributed by atoms with Crippen LogP contribution >= 0.6 is 15.9 Å². The van der Waals surface area contributed by atoms with Gasteiger partial charge in [0.25, 0.3) is 0 Å². The van der Waals surface area contributed by atoms with E-state index in [0.717, 1.165) is 10.8 Å². The summed E-state index contributed by atoms with van der Waals surface area (Å²) >= 11 is 3.32. The summed E-state index contributed by atoms with van der Waals surface area (Å²) in [5.41, 5.74) is -0.274. The lowest BCUT2D eigenvalue weighted by molar-refractivity contribution is -0.132. The van der Waals surface area contributed by atoms with E-state index in [1.807, 2.05) is 13.8 Å². The van der Waals surface area contributed by atoms with Crippen molar-refractivity contribution in [2.45, 2.75) is 27.2 Å². The van der Waals surface area contributed by atoms with E-state index in [4.69, 9.17) is 0 Å². The maximum atomic E-state index is 12.6. The first-order chi connectivity index (χ1) is 9.81. The second-order valence-electron chi connectivity index (χ2n) is 5.94. The van der Waals surface area contributed by atoms with E-state index in [-0.39, 0.29) is 24.2 Å². The molecule has 1 aromatic rings. The minimum atomic E-state index is -0.823. The third-order valence-electron chi connectivity index (χ3n) is 4.48. The van der Waals surface area contributed by atoms with Gasteiger partial charge in [0.1, 0.15) is 6.29 Å². The quantitative estimate of drug-likeness (QED) is 0.618. The lowest BCUT2D eigenvalue weighted by Crippen LogP contribution is -2.40. The van der Waals surface area contributed by atoms with Gasteiger partial charge < -0.3 is 4.79 Å². The lowest BCUT2D eigenvalue weighted by Gasteiger charge is -2.32. The SMILES string of the molecule is CC(C)[C@@](C)(C=O)[C@@H]1CC(=O)N(c2ccc(Br)cc2)C1=O. The van der Waals surface area contributed by atoms with Crippen LogP contribution in [0.1, 0.15) is 27.2 Å². The fourth-order valence-corrected chi connectivity index (χ4v) is 2.86. The monoisotopic (exact) mass is 351 g/mol. The second kappa shape index (κ2) is 5.72. The first-order valence-corrected chi connectivity index (χ1v) is 7.69. The number of carbonyl (C=O) groups is 3. The van der Waals surface area contributed by atoms with Gasteiger partial charge in [0.2, 0.25) is 11.8 Å². The summed E-state index contributed by atoms with van der Waals surface area (Å²) in [6.07, 6.45) is 0.904. The van der Waals surface area contributed by atoms with Gasteiger partial charge >= 0.3 is 0 Å². The standard InChI is InChI=1S/C16H18BrNO3/c1-10(2)16(3,9-19)13-8-14(20)18(15(13)21)12-6-4-11(17)5-7-12/h4-7,9-10,13H,8H2,1-3H3/t13-,16-/m1/s1. The van der Waals surface area contributed by atoms with Crippen LogP contribution in [0.5, 0.6) is 0 Å². The van der Waals surface area contributed by atoms with Crippen LogP contribution in [0.2, 0.25) is 0 Å². The minimum Gasteiger partial charge on any atom is -0.303 e. The summed E-state index contributed by atoms with van der Waals surface area (Å²) in [7, 11) is 0. The van der Waals surface area contributed by atoms with Gasteiger partial charge in [0.05, 0.1) is 11.6 Å². The van der Waals surface area contributed by atoms with Crippen molar-refractivity contribution in [3.8, 4) is 0 Å². The number of halogens is 1. The molecule has 1 fully saturated rings. The summed E-state index contributed by atoms with van der Waals surface area (Å²) in [5, 5.41) is 0. The van der Waals surface area contributed by atoms with Crippen molar-refractivity contribution in [2.24, 2.45) is 17.3 Å². The molecule has 4 nitrogen and oxygen atoms in total. The van der Waals surface area contributed by atoms with Crippen LogP contribution in [0.4, 0.5) is 5.69 Å². The Labute approximate surface area is 132 Å². The third-order valence-corrected chi connectivity index (χ3v) is 5.01. The average Bonchev–Trinajstić information content (AvgIpc) is 2.74. The minimum absolute atomic E-state index is 0.0124. The average molecular weight is 352 g/mol. The molecule has 21 heavy (non-hydrogen) atoms. The Kier molecular flexibility index (Phi) is 4.33. The number of amides is 2.